The van der Waals surface area contributed by atoms with Gasteiger partial charge in [-0.05, 0) is 54.0 Å². The van der Waals surface area contributed by atoms with Gasteiger partial charge in [-0.3, -0.25) is 0 Å². The molecule has 0 aliphatic heterocycles. The highest BCUT2D eigenvalue weighted by Gasteiger charge is 2.12. The topological polar surface area (TPSA) is 52.3 Å². The molecule has 108 valence electrons. The molecule has 2 N–H and O–H groups in total. The first-order chi connectivity index (χ1) is 10.0. The van der Waals surface area contributed by atoms with Crippen molar-refractivity contribution < 1.29 is 13.9 Å². The Kier molecular flexibility index (Phi) is 4.38. The Balaban J connectivity index is 2.49. The molecule has 0 amide bonds. The third-order valence-corrected chi connectivity index (χ3v) is 3.12. The van der Waals surface area contributed by atoms with E-state index in [9.17, 15) is 9.18 Å². The van der Waals surface area contributed by atoms with Crippen molar-refractivity contribution in [2.45, 2.75) is 6.92 Å². The molecule has 0 spiro atoms. The molecular formula is C17H16FNO2. The Morgan fingerprint density at radius 1 is 1.19 bits per heavy atom. The molecule has 0 atom stereocenters. The summed E-state index contributed by atoms with van der Waals surface area (Å²) in [6.07, 6.45) is 1.67. The lowest BCUT2D eigenvalue weighted by molar-refractivity contribution is -0.133. The highest BCUT2D eigenvalue weighted by molar-refractivity contribution is 6.21. The van der Waals surface area contributed by atoms with Crippen molar-refractivity contribution in [1.82, 2.24) is 0 Å². The van der Waals surface area contributed by atoms with Crippen molar-refractivity contribution in [3.63, 3.8) is 0 Å². The van der Waals surface area contributed by atoms with Crippen molar-refractivity contribution in [2.24, 2.45) is 0 Å². The second-order valence-electron chi connectivity index (χ2n) is 4.68. The number of aryl methyl sites for hydroxylation is 1. The molecule has 0 aliphatic rings. The maximum absolute atomic E-state index is 13.3. The largest absolute Gasteiger partial charge is 0.465 e. The molecule has 3 nitrogen and oxygen atoms in total. The third-order valence-electron chi connectivity index (χ3n) is 3.12. The number of carbonyl (C=O) groups excluding carboxylic acids is 1. The minimum absolute atomic E-state index is 0.278. The number of halogens is 1. The van der Waals surface area contributed by atoms with E-state index in [1.807, 2.05) is 0 Å². The molecule has 0 heterocycles. The first-order valence-electron chi connectivity index (χ1n) is 6.43. The van der Waals surface area contributed by atoms with E-state index in [0.717, 1.165) is 5.56 Å². The third kappa shape index (κ3) is 3.48. The van der Waals surface area contributed by atoms with E-state index in [1.165, 1.54) is 13.2 Å². The number of rotatable bonds is 3. The number of nitrogen functional groups attached to an aromatic ring is 1. The van der Waals surface area contributed by atoms with Crippen LogP contribution in [-0.4, -0.2) is 13.1 Å². The summed E-state index contributed by atoms with van der Waals surface area (Å²) in [6.45, 7) is 1.67. The van der Waals surface area contributed by atoms with Gasteiger partial charge in [-0.2, -0.15) is 0 Å². The second kappa shape index (κ2) is 6.22. The summed E-state index contributed by atoms with van der Waals surface area (Å²) in [5.41, 5.74) is 8.59. The smallest absolute Gasteiger partial charge is 0.338 e. The van der Waals surface area contributed by atoms with Crippen molar-refractivity contribution in [1.29, 1.82) is 0 Å². The average Bonchev–Trinajstić information content (AvgIpc) is 2.48. The zero-order chi connectivity index (χ0) is 15.4. The van der Waals surface area contributed by atoms with Gasteiger partial charge >= 0.3 is 5.97 Å². The molecular weight excluding hydrogens is 269 g/mol. The molecule has 0 fully saturated rings. The summed E-state index contributed by atoms with van der Waals surface area (Å²) in [5, 5.41) is 0. The van der Waals surface area contributed by atoms with Crippen LogP contribution in [0.5, 0.6) is 0 Å². The quantitative estimate of drug-likeness (QED) is 0.407. The number of benzene rings is 2. The molecule has 2 aromatic carbocycles. The van der Waals surface area contributed by atoms with Crippen LogP contribution in [0.15, 0.2) is 42.5 Å². The van der Waals surface area contributed by atoms with Crippen molar-refractivity contribution in [3.05, 3.63) is 65.0 Å². The van der Waals surface area contributed by atoms with Crippen LogP contribution in [0.4, 0.5) is 10.1 Å². The molecule has 2 aromatic rings. The first-order valence-corrected chi connectivity index (χ1v) is 6.43. The number of hydrogen-bond acceptors (Lipinski definition) is 3. The summed E-state index contributed by atoms with van der Waals surface area (Å²) in [7, 11) is 1.32. The maximum Gasteiger partial charge on any atom is 0.338 e. The number of esters is 1. The first kappa shape index (κ1) is 14.8. The summed E-state index contributed by atoms with van der Waals surface area (Å²) >= 11 is 0. The van der Waals surface area contributed by atoms with E-state index in [4.69, 9.17) is 10.5 Å². The van der Waals surface area contributed by atoms with Gasteiger partial charge < -0.3 is 10.5 Å². The molecule has 21 heavy (non-hydrogen) atoms. The number of methoxy groups -OCH3 is 1. The van der Waals surface area contributed by atoms with E-state index in [2.05, 4.69) is 0 Å². The van der Waals surface area contributed by atoms with Crippen LogP contribution < -0.4 is 5.73 Å². The van der Waals surface area contributed by atoms with E-state index >= 15 is 0 Å². The van der Waals surface area contributed by atoms with Gasteiger partial charge in [-0.1, -0.05) is 18.2 Å². The normalized spacial score (nSPS) is 11.3. The summed E-state index contributed by atoms with van der Waals surface area (Å²) in [4.78, 5) is 12.0. The Morgan fingerprint density at radius 2 is 1.86 bits per heavy atom. The minimum Gasteiger partial charge on any atom is -0.465 e. The maximum atomic E-state index is 13.3. The van der Waals surface area contributed by atoms with Crippen molar-refractivity contribution in [2.75, 3.05) is 12.8 Å². The highest BCUT2D eigenvalue weighted by Crippen LogP contribution is 2.22. The predicted octanol–water partition coefficient (Wildman–Crippen LogP) is 3.43. The standard InChI is InChI=1S/C17H16FNO2/c1-11-9-12(3-8-16(11)18)10-15(17(20)21-2)13-4-6-14(19)7-5-13/h3-10H,19H2,1-2H3/b15-10+. The van der Waals surface area contributed by atoms with Gasteiger partial charge in [0.05, 0.1) is 12.7 Å². The molecule has 0 saturated heterocycles. The second-order valence-corrected chi connectivity index (χ2v) is 4.68. The predicted molar refractivity (Wildman–Crippen MR) is 81.9 cm³/mol. The average molecular weight is 285 g/mol. The number of ether oxygens (including phenoxy) is 1. The lowest BCUT2D eigenvalue weighted by atomic mass is 10.0. The molecule has 2 rings (SSSR count). The van der Waals surface area contributed by atoms with Crippen LogP contribution in [0.25, 0.3) is 11.6 Å². The molecule has 0 aliphatic carbocycles. The number of nitrogens with two attached hydrogens (primary N) is 1. The number of carbonyl (C=O) groups is 1. The lowest BCUT2D eigenvalue weighted by Gasteiger charge is -2.07. The van der Waals surface area contributed by atoms with Crippen molar-refractivity contribution >= 4 is 23.3 Å². The Morgan fingerprint density at radius 3 is 2.43 bits per heavy atom. The fraction of sp³-hybridized carbons (Fsp3) is 0.118. The Bertz CT molecular complexity index is 690. The Hall–Kier alpha value is -2.62. The van der Waals surface area contributed by atoms with Gasteiger partial charge in [-0.15, -0.1) is 0 Å². The van der Waals surface area contributed by atoms with Crippen LogP contribution in [0.1, 0.15) is 16.7 Å². The fourth-order valence-electron chi connectivity index (χ4n) is 1.96. The Labute approximate surface area is 122 Å². The lowest BCUT2D eigenvalue weighted by Crippen LogP contribution is -2.04. The molecule has 0 unspecified atom stereocenters. The minimum atomic E-state index is -0.457. The van der Waals surface area contributed by atoms with E-state index < -0.39 is 5.97 Å². The fourth-order valence-corrected chi connectivity index (χ4v) is 1.96. The molecule has 0 saturated carbocycles. The number of hydrogen-bond donors (Lipinski definition) is 1. The summed E-state index contributed by atoms with van der Waals surface area (Å²) in [6, 6.07) is 11.6. The summed E-state index contributed by atoms with van der Waals surface area (Å²) in [5.74, 6) is -0.735. The van der Waals surface area contributed by atoms with Gasteiger partial charge in [0.25, 0.3) is 0 Å². The highest BCUT2D eigenvalue weighted by atomic mass is 19.1. The van der Waals surface area contributed by atoms with Gasteiger partial charge in [-0.25, -0.2) is 9.18 Å². The SMILES string of the molecule is COC(=O)/C(=C/c1ccc(F)c(C)c1)c1ccc(N)cc1. The van der Waals surface area contributed by atoms with Crippen LogP contribution in [-0.2, 0) is 9.53 Å². The van der Waals surface area contributed by atoms with Crippen molar-refractivity contribution in [3.8, 4) is 0 Å². The monoisotopic (exact) mass is 285 g/mol. The summed E-state index contributed by atoms with van der Waals surface area (Å²) < 4.78 is 18.1. The van der Waals surface area contributed by atoms with E-state index in [1.54, 1.807) is 49.4 Å². The number of anilines is 1. The van der Waals surface area contributed by atoms with Crippen LogP contribution >= 0.6 is 0 Å². The van der Waals surface area contributed by atoms with E-state index in [-0.39, 0.29) is 5.82 Å². The zero-order valence-electron chi connectivity index (χ0n) is 11.9. The molecule has 0 aromatic heterocycles. The molecule has 0 radical (unpaired) electrons. The van der Waals surface area contributed by atoms with Crippen LogP contribution in [0.2, 0.25) is 0 Å². The van der Waals surface area contributed by atoms with Crippen LogP contribution in [0, 0.1) is 12.7 Å². The van der Waals surface area contributed by atoms with E-state index in [0.29, 0.717) is 22.4 Å². The molecule has 4 heteroatoms. The van der Waals surface area contributed by atoms with Gasteiger partial charge in [0.15, 0.2) is 0 Å². The van der Waals surface area contributed by atoms with Crippen LogP contribution in [0.3, 0.4) is 0 Å². The van der Waals surface area contributed by atoms with Gasteiger partial charge in [0.1, 0.15) is 5.82 Å². The molecule has 0 bridgehead atoms. The van der Waals surface area contributed by atoms with Gasteiger partial charge in [0.2, 0.25) is 0 Å². The zero-order valence-corrected chi connectivity index (χ0v) is 11.9. The van der Waals surface area contributed by atoms with Gasteiger partial charge in [0, 0.05) is 5.69 Å².